The Bertz CT molecular complexity index is 570. The van der Waals surface area contributed by atoms with E-state index in [9.17, 15) is 4.79 Å². The van der Waals surface area contributed by atoms with E-state index in [1.165, 1.54) is 11.0 Å². The number of unbranched alkanes of at least 4 members (excludes halogenated alkanes) is 1. The summed E-state index contributed by atoms with van der Waals surface area (Å²) in [6, 6.07) is 6.98. The number of amides is 2. The van der Waals surface area contributed by atoms with Gasteiger partial charge in [0.05, 0.1) is 12.3 Å². The normalized spacial score (nSPS) is 10.5. The van der Waals surface area contributed by atoms with Crippen LogP contribution in [0.3, 0.4) is 0 Å². The first-order valence-electron chi connectivity index (χ1n) is 7.24. The molecular weight excluding hydrogens is 284 g/mol. The molecule has 118 valence electrons. The average Bonchev–Trinajstić information content (AvgIpc) is 3.06. The van der Waals surface area contributed by atoms with E-state index >= 15 is 0 Å². The summed E-state index contributed by atoms with van der Waals surface area (Å²) in [6.07, 6.45) is 3.41. The number of aliphatic hydroxyl groups excluding tert-OH is 1. The summed E-state index contributed by atoms with van der Waals surface area (Å²) in [6.45, 7) is 2.97. The molecule has 0 aliphatic rings. The van der Waals surface area contributed by atoms with Crippen molar-refractivity contribution in [3.05, 3.63) is 30.6 Å². The minimum atomic E-state index is -0.210. The number of urea groups is 1. The van der Waals surface area contributed by atoms with Crippen LogP contribution in [0.25, 0.3) is 5.69 Å². The lowest BCUT2D eigenvalue weighted by atomic mass is 10.3. The summed E-state index contributed by atoms with van der Waals surface area (Å²) in [5.74, 6) is 0. The van der Waals surface area contributed by atoms with Gasteiger partial charge in [0.1, 0.15) is 6.33 Å². The van der Waals surface area contributed by atoms with Gasteiger partial charge in [-0.15, -0.1) is 5.10 Å². The quantitative estimate of drug-likeness (QED) is 0.803. The number of rotatable bonds is 7. The van der Waals surface area contributed by atoms with Crippen LogP contribution in [0.1, 0.15) is 19.8 Å². The molecule has 22 heavy (non-hydrogen) atoms. The van der Waals surface area contributed by atoms with Crippen LogP contribution in [0.5, 0.6) is 0 Å². The summed E-state index contributed by atoms with van der Waals surface area (Å²) >= 11 is 0. The fraction of sp³-hybridized carbons (Fsp3) is 0.429. The predicted molar refractivity (Wildman–Crippen MR) is 81.7 cm³/mol. The van der Waals surface area contributed by atoms with Gasteiger partial charge in [-0.05, 0) is 41.1 Å². The molecule has 0 bridgehead atoms. The van der Waals surface area contributed by atoms with Crippen LogP contribution < -0.4 is 5.32 Å². The highest BCUT2D eigenvalue weighted by molar-refractivity contribution is 5.89. The summed E-state index contributed by atoms with van der Waals surface area (Å²) in [4.78, 5) is 13.8. The van der Waals surface area contributed by atoms with Gasteiger partial charge in [0.15, 0.2) is 0 Å². The predicted octanol–water partition coefficient (Wildman–Crippen LogP) is 1.29. The van der Waals surface area contributed by atoms with Crippen molar-refractivity contribution in [1.82, 2.24) is 25.1 Å². The third-order valence-corrected chi connectivity index (χ3v) is 3.17. The van der Waals surface area contributed by atoms with Gasteiger partial charge >= 0.3 is 6.03 Å². The highest BCUT2D eigenvalue weighted by Crippen LogP contribution is 2.12. The summed E-state index contributed by atoms with van der Waals surface area (Å²) < 4.78 is 1.53. The Morgan fingerprint density at radius 3 is 2.68 bits per heavy atom. The number of benzene rings is 1. The number of nitrogens with zero attached hydrogens (tertiary/aromatic N) is 5. The molecule has 0 unspecified atom stereocenters. The van der Waals surface area contributed by atoms with Gasteiger partial charge < -0.3 is 15.3 Å². The van der Waals surface area contributed by atoms with Crippen molar-refractivity contribution in [2.24, 2.45) is 0 Å². The minimum absolute atomic E-state index is 0.0463. The summed E-state index contributed by atoms with van der Waals surface area (Å²) in [5.41, 5.74) is 1.49. The van der Waals surface area contributed by atoms with Gasteiger partial charge in [-0.25, -0.2) is 9.48 Å². The van der Waals surface area contributed by atoms with Gasteiger partial charge in [-0.3, -0.25) is 0 Å². The first-order chi connectivity index (χ1) is 10.7. The molecule has 2 N–H and O–H groups in total. The van der Waals surface area contributed by atoms with Crippen molar-refractivity contribution >= 4 is 11.7 Å². The Hall–Kier alpha value is -2.48. The summed E-state index contributed by atoms with van der Waals surface area (Å²) in [7, 11) is 0. The molecule has 2 amide bonds. The number of aliphatic hydroxyl groups is 1. The highest BCUT2D eigenvalue weighted by Gasteiger charge is 2.12. The molecule has 2 aromatic rings. The van der Waals surface area contributed by atoms with Crippen molar-refractivity contribution in [2.45, 2.75) is 19.8 Å². The van der Waals surface area contributed by atoms with E-state index in [0.29, 0.717) is 18.8 Å². The van der Waals surface area contributed by atoms with Crippen LogP contribution in [0.4, 0.5) is 10.5 Å². The zero-order valence-electron chi connectivity index (χ0n) is 12.5. The van der Waals surface area contributed by atoms with Gasteiger partial charge in [0.2, 0.25) is 0 Å². The second kappa shape index (κ2) is 8.08. The molecule has 0 spiro atoms. The molecule has 1 aromatic heterocycles. The number of tetrazole rings is 1. The highest BCUT2D eigenvalue weighted by atomic mass is 16.3. The lowest BCUT2D eigenvalue weighted by molar-refractivity contribution is 0.187. The molecule has 0 aliphatic carbocycles. The second-order valence-electron chi connectivity index (χ2n) is 4.80. The molecule has 8 heteroatoms. The Morgan fingerprint density at radius 1 is 1.32 bits per heavy atom. The van der Waals surface area contributed by atoms with Crippen molar-refractivity contribution in [1.29, 1.82) is 0 Å². The molecule has 0 aliphatic heterocycles. The Balaban J connectivity index is 1.98. The SMILES string of the molecule is CCCCN(CCO)C(=O)Nc1ccc(-n2cnnn2)cc1. The Labute approximate surface area is 128 Å². The second-order valence-corrected chi connectivity index (χ2v) is 4.80. The van der Waals surface area contributed by atoms with Gasteiger partial charge in [0.25, 0.3) is 0 Å². The largest absolute Gasteiger partial charge is 0.395 e. The Kier molecular flexibility index (Phi) is 5.84. The smallest absolute Gasteiger partial charge is 0.321 e. The van der Waals surface area contributed by atoms with E-state index in [4.69, 9.17) is 5.11 Å². The minimum Gasteiger partial charge on any atom is -0.395 e. The van der Waals surface area contributed by atoms with Gasteiger partial charge in [0, 0.05) is 18.8 Å². The molecule has 8 nitrogen and oxygen atoms in total. The van der Waals surface area contributed by atoms with Gasteiger partial charge in [-0.1, -0.05) is 13.3 Å². The molecule has 1 aromatic carbocycles. The number of hydrogen-bond acceptors (Lipinski definition) is 5. The van der Waals surface area contributed by atoms with E-state index in [1.807, 2.05) is 12.1 Å². The first-order valence-corrected chi connectivity index (χ1v) is 7.24. The molecule has 0 saturated carbocycles. The van der Waals surface area contributed by atoms with Crippen molar-refractivity contribution in [2.75, 3.05) is 25.0 Å². The number of hydrogen-bond donors (Lipinski definition) is 2. The van der Waals surface area contributed by atoms with Crippen molar-refractivity contribution in [3.8, 4) is 5.69 Å². The number of carbonyl (C=O) groups excluding carboxylic acids is 1. The maximum Gasteiger partial charge on any atom is 0.321 e. The van der Waals surface area contributed by atoms with Crippen LogP contribution in [0.2, 0.25) is 0 Å². The maximum absolute atomic E-state index is 12.2. The Morgan fingerprint density at radius 2 is 2.09 bits per heavy atom. The summed E-state index contributed by atoms with van der Waals surface area (Å²) in [5, 5.41) is 22.8. The monoisotopic (exact) mass is 304 g/mol. The van der Waals surface area contributed by atoms with Crippen LogP contribution in [-0.2, 0) is 0 Å². The average molecular weight is 304 g/mol. The van der Waals surface area contributed by atoms with E-state index in [0.717, 1.165) is 18.5 Å². The van der Waals surface area contributed by atoms with E-state index in [2.05, 4.69) is 27.8 Å². The molecule has 0 radical (unpaired) electrons. The zero-order valence-corrected chi connectivity index (χ0v) is 12.5. The third-order valence-electron chi connectivity index (χ3n) is 3.17. The van der Waals surface area contributed by atoms with E-state index in [1.54, 1.807) is 17.0 Å². The van der Waals surface area contributed by atoms with Crippen LogP contribution in [0, 0.1) is 0 Å². The van der Waals surface area contributed by atoms with Crippen LogP contribution in [-0.4, -0.2) is 55.9 Å². The molecule has 2 rings (SSSR count). The number of nitrogens with one attached hydrogen (secondary N) is 1. The standard InChI is InChI=1S/C14H20N6O2/c1-2-3-8-19(9-10-21)14(22)16-12-4-6-13(7-5-12)20-11-15-17-18-20/h4-7,11,21H,2-3,8-10H2,1H3,(H,16,22). The van der Waals surface area contributed by atoms with Crippen LogP contribution in [0.15, 0.2) is 30.6 Å². The molecule has 0 saturated heterocycles. The molecule has 1 heterocycles. The lowest BCUT2D eigenvalue weighted by Crippen LogP contribution is -2.37. The third kappa shape index (κ3) is 4.26. The zero-order chi connectivity index (χ0) is 15.8. The van der Waals surface area contributed by atoms with Crippen molar-refractivity contribution in [3.63, 3.8) is 0 Å². The fourth-order valence-electron chi connectivity index (χ4n) is 1.96. The van der Waals surface area contributed by atoms with Crippen molar-refractivity contribution < 1.29 is 9.90 Å². The number of aromatic nitrogens is 4. The van der Waals surface area contributed by atoms with Crippen LogP contribution >= 0.6 is 0 Å². The van der Waals surface area contributed by atoms with E-state index in [-0.39, 0.29) is 12.6 Å². The molecule has 0 fully saturated rings. The number of anilines is 1. The van der Waals surface area contributed by atoms with E-state index < -0.39 is 0 Å². The molecular formula is C14H20N6O2. The van der Waals surface area contributed by atoms with Gasteiger partial charge in [-0.2, -0.15) is 0 Å². The maximum atomic E-state index is 12.2. The number of carbonyl (C=O) groups is 1. The molecule has 0 atom stereocenters. The first kappa shape index (κ1) is 15.9. The topological polar surface area (TPSA) is 96.2 Å². The lowest BCUT2D eigenvalue weighted by Gasteiger charge is -2.22. The fourth-order valence-corrected chi connectivity index (χ4v) is 1.96.